The van der Waals surface area contributed by atoms with E-state index in [0.29, 0.717) is 12.1 Å². The van der Waals surface area contributed by atoms with Crippen molar-refractivity contribution in [3.63, 3.8) is 0 Å². The van der Waals surface area contributed by atoms with Crippen LogP contribution in [0, 0.1) is 0 Å². The Morgan fingerprint density at radius 1 is 1.28 bits per heavy atom. The predicted molar refractivity (Wildman–Crippen MR) is 75.7 cm³/mol. The quantitative estimate of drug-likeness (QED) is 0.836. The average molecular weight is 248 g/mol. The van der Waals surface area contributed by atoms with Gasteiger partial charge in [0.1, 0.15) is 5.75 Å². The fourth-order valence-corrected chi connectivity index (χ4v) is 2.87. The number of nitrogen functional groups attached to an aromatic ring is 1. The van der Waals surface area contributed by atoms with Crippen molar-refractivity contribution < 1.29 is 4.74 Å². The third kappa shape index (κ3) is 2.78. The van der Waals surface area contributed by atoms with E-state index in [0.717, 1.165) is 18.0 Å². The summed E-state index contributed by atoms with van der Waals surface area (Å²) in [5, 5.41) is 0. The minimum atomic E-state index is 0.649. The van der Waals surface area contributed by atoms with Crippen molar-refractivity contribution in [1.82, 2.24) is 4.90 Å². The van der Waals surface area contributed by atoms with Crippen molar-refractivity contribution in [3.05, 3.63) is 23.8 Å². The number of nitrogens with zero attached hydrogens (tertiary/aromatic N) is 1. The largest absolute Gasteiger partial charge is 0.496 e. The Balaban J connectivity index is 2.17. The minimum Gasteiger partial charge on any atom is -0.496 e. The van der Waals surface area contributed by atoms with Crippen LogP contribution in [0.15, 0.2) is 18.2 Å². The van der Waals surface area contributed by atoms with Crippen LogP contribution in [0.5, 0.6) is 5.75 Å². The number of hydrogen-bond acceptors (Lipinski definition) is 3. The standard InChI is InChI=1S/C15H24N2O/c1-11-5-4-6-12(2)17(11)10-13-7-8-14(16)9-15(13)18-3/h7-9,11-12H,4-6,10,16H2,1-3H3/t11-,12+. The molecule has 1 aliphatic rings. The third-order valence-corrected chi connectivity index (χ3v) is 4.04. The summed E-state index contributed by atoms with van der Waals surface area (Å²) in [6.45, 7) is 5.59. The summed E-state index contributed by atoms with van der Waals surface area (Å²) in [6.07, 6.45) is 3.93. The van der Waals surface area contributed by atoms with Gasteiger partial charge in [-0.25, -0.2) is 0 Å². The zero-order chi connectivity index (χ0) is 13.1. The van der Waals surface area contributed by atoms with Gasteiger partial charge in [-0.05, 0) is 32.8 Å². The minimum absolute atomic E-state index is 0.649. The molecule has 0 bridgehead atoms. The van der Waals surface area contributed by atoms with Crippen molar-refractivity contribution in [2.45, 2.75) is 51.7 Å². The molecule has 0 radical (unpaired) electrons. The maximum absolute atomic E-state index is 5.80. The van der Waals surface area contributed by atoms with Crippen LogP contribution in [0.4, 0.5) is 5.69 Å². The highest BCUT2D eigenvalue weighted by molar-refractivity contribution is 5.48. The highest BCUT2D eigenvalue weighted by Crippen LogP contribution is 2.28. The topological polar surface area (TPSA) is 38.5 Å². The SMILES string of the molecule is COc1cc(N)ccc1CN1[C@H](C)CCC[C@@H]1C. The monoisotopic (exact) mass is 248 g/mol. The van der Waals surface area contributed by atoms with Crippen LogP contribution in [-0.4, -0.2) is 24.1 Å². The Hall–Kier alpha value is -1.22. The molecule has 1 heterocycles. The lowest BCUT2D eigenvalue weighted by Gasteiger charge is -2.39. The van der Waals surface area contributed by atoms with Crippen molar-refractivity contribution in [3.8, 4) is 5.75 Å². The van der Waals surface area contributed by atoms with E-state index in [9.17, 15) is 0 Å². The third-order valence-electron chi connectivity index (χ3n) is 4.04. The molecular formula is C15H24N2O. The summed E-state index contributed by atoms with van der Waals surface area (Å²) in [5.74, 6) is 0.903. The lowest BCUT2D eigenvalue weighted by atomic mass is 9.96. The van der Waals surface area contributed by atoms with Crippen LogP contribution < -0.4 is 10.5 Å². The number of rotatable bonds is 3. The molecule has 0 spiro atoms. The summed E-state index contributed by atoms with van der Waals surface area (Å²) in [5.41, 5.74) is 7.79. The van der Waals surface area contributed by atoms with Crippen molar-refractivity contribution in [2.24, 2.45) is 0 Å². The maximum Gasteiger partial charge on any atom is 0.125 e. The number of likely N-dealkylation sites (tertiary alicyclic amines) is 1. The second kappa shape index (κ2) is 5.61. The van der Waals surface area contributed by atoms with Crippen molar-refractivity contribution in [2.75, 3.05) is 12.8 Å². The van der Waals surface area contributed by atoms with E-state index >= 15 is 0 Å². The molecule has 1 saturated heterocycles. The molecule has 2 N–H and O–H groups in total. The van der Waals surface area contributed by atoms with Gasteiger partial charge in [0.25, 0.3) is 0 Å². The first-order valence-electron chi connectivity index (χ1n) is 6.80. The molecule has 3 nitrogen and oxygen atoms in total. The molecule has 0 unspecified atom stereocenters. The Bertz CT molecular complexity index is 395. The van der Waals surface area contributed by atoms with Crippen LogP contribution in [-0.2, 0) is 6.54 Å². The number of nitrogens with two attached hydrogens (primary N) is 1. The number of benzene rings is 1. The summed E-state index contributed by atoms with van der Waals surface area (Å²) < 4.78 is 5.43. The normalized spacial score (nSPS) is 25.1. The molecule has 0 saturated carbocycles. The zero-order valence-corrected chi connectivity index (χ0v) is 11.6. The molecule has 100 valence electrons. The van der Waals surface area contributed by atoms with Crippen LogP contribution in [0.2, 0.25) is 0 Å². The Kier molecular flexibility index (Phi) is 4.12. The van der Waals surface area contributed by atoms with Gasteiger partial charge >= 0.3 is 0 Å². The molecule has 1 fully saturated rings. The molecule has 0 aliphatic carbocycles. The Labute approximate surface area is 110 Å². The van der Waals surface area contributed by atoms with E-state index in [1.165, 1.54) is 24.8 Å². The molecular weight excluding hydrogens is 224 g/mol. The number of methoxy groups -OCH3 is 1. The van der Waals surface area contributed by atoms with Crippen LogP contribution in [0.3, 0.4) is 0 Å². The molecule has 1 aromatic rings. The molecule has 2 rings (SSSR count). The molecule has 0 aromatic heterocycles. The number of ether oxygens (including phenoxy) is 1. The fraction of sp³-hybridized carbons (Fsp3) is 0.600. The van der Waals surface area contributed by atoms with Crippen LogP contribution >= 0.6 is 0 Å². The van der Waals surface area contributed by atoms with E-state index in [2.05, 4.69) is 24.8 Å². The molecule has 3 heteroatoms. The Morgan fingerprint density at radius 2 is 1.94 bits per heavy atom. The van der Waals surface area contributed by atoms with Gasteiger partial charge < -0.3 is 10.5 Å². The first-order chi connectivity index (χ1) is 8.61. The van der Waals surface area contributed by atoms with E-state index in [-0.39, 0.29) is 0 Å². The van der Waals surface area contributed by atoms with Gasteiger partial charge in [-0.1, -0.05) is 12.5 Å². The number of piperidine rings is 1. The van der Waals surface area contributed by atoms with E-state index in [1.54, 1.807) is 7.11 Å². The average Bonchev–Trinajstić information content (AvgIpc) is 2.35. The molecule has 1 aromatic carbocycles. The van der Waals surface area contributed by atoms with Gasteiger partial charge in [0.2, 0.25) is 0 Å². The van der Waals surface area contributed by atoms with Gasteiger partial charge in [0.15, 0.2) is 0 Å². The molecule has 18 heavy (non-hydrogen) atoms. The second-order valence-corrected chi connectivity index (χ2v) is 5.37. The van der Waals surface area contributed by atoms with Crippen LogP contribution in [0.1, 0.15) is 38.7 Å². The summed E-state index contributed by atoms with van der Waals surface area (Å²) in [7, 11) is 1.71. The maximum atomic E-state index is 5.80. The van der Waals surface area contributed by atoms with Gasteiger partial charge in [0.05, 0.1) is 7.11 Å². The Morgan fingerprint density at radius 3 is 2.56 bits per heavy atom. The molecule has 0 amide bonds. The molecule has 1 aliphatic heterocycles. The highest BCUT2D eigenvalue weighted by Gasteiger charge is 2.25. The van der Waals surface area contributed by atoms with Gasteiger partial charge in [-0.2, -0.15) is 0 Å². The zero-order valence-electron chi connectivity index (χ0n) is 11.6. The summed E-state index contributed by atoms with van der Waals surface area (Å²) >= 11 is 0. The van der Waals surface area contributed by atoms with Gasteiger partial charge in [-0.3, -0.25) is 4.90 Å². The van der Waals surface area contributed by atoms with Crippen LogP contribution in [0.25, 0.3) is 0 Å². The van der Waals surface area contributed by atoms with E-state index in [1.807, 2.05) is 12.1 Å². The summed E-state index contributed by atoms with van der Waals surface area (Å²) in [6, 6.07) is 7.25. The van der Waals surface area contributed by atoms with E-state index in [4.69, 9.17) is 10.5 Å². The number of anilines is 1. The lowest BCUT2D eigenvalue weighted by Crippen LogP contribution is -2.43. The molecule has 2 atom stereocenters. The van der Waals surface area contributed by atoms with Gasteiger partial charge in [-0.15, -0.1) is 0 Å². The smallest absolute Gasteiger partial charge is 0.125 e. The lowest BCUT2D eigenvalue weighted by molar-refractivity contribution is 0.0943. The predicted octanol–water partition coefficient (Wildman–Crippen LogP) is 3.04. The first-order valence-corrected chi connectivity index (χ1v) is 6.80. The fourth-order valence-electron chi connectivity index (χ4n) is 2.87. The number of hydrogen-bond donors (Lipinski definition) is 1. The summed E-state index contributed by atoms with van der Waals surface area (Å²) in [4.78, 5) is 2.57. The van der Waals surface area contributed by atoms with Gasteiger partial charge in [0, 0.05) is 35.9 Å². The highest BCUT2D eigenvalue weighted by atomic mass is 16.5. The van der Waals surface area contributed by atoms with E-state index < -0.39 is 0 Å². The first kappa shape index (κ1) is 13.2. The second-order valence-electron chi connectivity index (χ2n) is 5.37. The van der Waals surface area contributed by atoms with Crippen molar-refractivity contribution >= 4 is 5.69 Å². The van der Waals surface area contributed by atoms with Crippen molar-refractivity contribution in [1.29, 1.82) is 0 Å².